The van der Waals surface area contributed by atoms with E-state index in [1.165, 1.54) is 0 Å². The maximum Gasteiger partial charge on any atom is 0.276 e. The summed E-state index contributed by atoms with van der Waals surface area (Å²) in [6, 6.07) is 8.39. The predicted molar refractivity (Wildman–Crippen MR) is 101 cm³/mol. The number of aryl methyl sites for hydroxylation is 1. The highest BCUT2D eigenvalue weighted by atomic mass is 16.5. The van der Waals surface area contributed by atoms with Crippen LogP contribution < -0.4 is 0 Å². The number of ether oxygens (including phenoxy) is 1. The summed E-state index contributed by atoms with van der Waals surface area (Å²) in [5.41, 5.74) is 3.91. The van der Waals surface area contributed by atoms with Crippen LogP contribution in [0.5, 0.6) is 0 Å². The number of hydrogen-bond donors (Lipinski definition) is 1. The lowest BCUT2D eigenvalue weighted by molar-refractivity contribution is 0.0663. The molecule has 1 unspecified atom stereocenters. The van der Waals surface area contributed by atoms with E-state index in [1.54, 1.807) is 0 Å². The smallest absolute Gasteiger partial charge is 0.276 e. The van der Waals surface area contributed by atoms with Crippen molar-refractivity contribution in [3.63, 3.8) is 0 Å². The van der Waals surface area contributed by atoms with E-state index < -0.39 is 0 Å². The van der Waals surface area contributed by atoms with Crippen LogP contribution in [-0.4, -0.2) is 26.7 Å². The van der Waals surface area contributed by atoms with Gasteiger partial charge in [0, 0.05) is 29.3 Å². The second-order valence-electron chi connectivity index (χ2n) is 6.43. The summed E-state index contributed by atoms with van der Waals surface area (Å²) in [7, 11) is 0. The van der Waals surface area contributed by atoms with Gasteiger partial charge < -0.3 is 14.2 Å². The van der Waals surface area contributed by atoms with E-state index in [9.17, 15) is 0 Å². The molecule has 0 aliphatic heterocycles. The Hall–Kier alpha value is -2.73. The van der Waals surface area contributed by atoms with E-state index in [0.717, 1.165) is 46.8 Å². The highest BCUT2D eigenvalue weighted by Gasteiger charge is 2.14. The van der Waals surface area contributed by atoms with Crippen LogP contribution in [0.2, 0.25) is 0 Å². The van der Waals surface area contributed by atoms with Crippen molar-refractivity contribution in [2.45, 2.75) is 39.7 Å². The zero-order valence-corrected chi connectivity index (χ0v) is 15.2. The van der Waals surface area contributed by atoms with Gasteiger partial charge in [-0.05, 0) is 37.1 Å². The Balaban J connectivity index is 1.78. The molecule has 1 aromatic carbocycles. The Morgan fingerprint density at radius 1 is 1.15 bits per heavy atom. The summed E-state index contributed by atoms with van der Waals surface area (Å²) in [6.45, 7) is 6.96. The predicted octanol–water partition coefficient (Wildman–Crippen LogP) is 4.82. The fourth-order valence-electron chi connectivity index (χ4n) is 3.08. The van der Waals surface area contributed by atoms with Crippen molar-refractivity contribution in [2.24, 2.45) is 0 Å². The Kier molecular flexibility index (Phi) is 4.42. The average Bonchev–Trinajstić information content (AvgIpc) is 3.29. The molecule has 0 aliphatic carbocycles. The molecule has 6 nitrogen and oxygen atoms in total. The van der Waals surface area contributed by atoms with Crippen LogP contribution >= 0.6 is 0 Å². The highest BCUT2D eigenvalue weighted by Crippen LogP contribution is 2.30. The van der Waals surface area contributed by atoms with Crippen LogP contribution in [0.4, 0.5) is 0 Å². The molecule has 1 atom stereocenters. The minimum absolute atomic E-state index is 0.0636. The lowest BCUT2D eigenvalue weighted by atomic mass is 10.1. The average molecular weight is 350 g/mol. The van der Waals surface area contributed by atoms with Crippen molar-refractivity contribution >= 4 is 21.8 Å². The van der Waals surface area contributed by atoms with Gasteiger partial charge in [0.15, 0.2) is 5.82 Å². The molecular weight excluding hydrogens is 328 g/mol. The lowest BCUT2D eigenvalue weighted by Gasteiger charge is -2.12. The van der Waals surface area contributed by atoms with Crippen molar-refractivity contribution in [2.75, 3.05) is 6.61 Å². The first-order chi connectivity index (χ1) is 12.7. The maximum absolute atomic E-state index is 5.87. The van der Waals surface area contributed by atoms with Crippen LogP contribution in [0.1, 0.15) is 44.7 Å². The molecular formula is C20H22N4O2. The molecule has 26 heavy (non-hydrogen) atoms. The number of aromatic nitrogens is 4. The van der Waals surface area contributed by atoms with Crippen LogP contribution in [0.3, 0.4) is 0 Å². The Labute approximate surface area is 151 Å². The van der Waals surface area contributed by atoms with Crippen molar-refractivity contribution in [3.8, 4) is 11.6 Å². The quantitative estimate of drug-likeness (QED) is 0.540. The second-order valence-corrected chi connectivity index (χ2v) is 6.43. The van der Waals surface area contributed by atoms with Crippen LogP contribution in [0.15, 0.2) is 35.0 Å². The molecule has 134 valence electrons. The lowest BCUT2D eigenvalue weighted by Crippen LogP contribution is -2.00. The monoisotopic (exact) mass is 350 g/mol. The van der Waals surface area contributed by atoms with E-state index in [1.807, 2.05) is 19.2 Å². The number of benzene rings is 1. The Morgan fingerprint density at radius 3 is 2.77 bits per heavy atom. The van der Waals surface area contributed by atoms with Gasteiger partial charge in [0.2, 0.25) is 0 Å². The summed E-state index contributed by atoms with van der Waals surface area (Å²) < 4.78 is 11.2. The minimum atomic E-state index is 0.0636. The third kappa shape index (κ3) is 2.97. The fourth-order valence-corrected chi connectivity index (χ4v) is 3.08. The molecule has 0 aliphatic rings. The molecule has 1 N–H and O–H groups in total. The van der Waals surface area contributed by atoms with Gasteiger partial charge in [-0.25, -0.2) is 4.98 Å². The molecule has 3 heterocycles. The van der Waals surface area contributed by atoms with Gasteiger partial charge in [0.25, 0.3) is 5.89 Å². The van der Waals surface area contributed by atoms with Gasteiger partial charge in [-0.15, -0.1) is 0 Å². The van der Waals surface area contributed by atoms with E-state index in [4.69, 9.17) is 9.26 Å². The van der Waals surface area contributed by atoms with E-state index in [0.29, 0.717) is 17.4 Å². The molecule has 3 aromatic heterocycles. The third-order valence-corrected chi connectivity index (χ3v) is 4.55. The van der Waals surface area contributed by atoms with Crippen LogP contribution in [-0.2, 0) is 11.2 Å². The van der Waals surface area contributed by atoms with Crippen molar-refractivity contribution in [3.05, 3.63) is 41.9 Å². The molecule has 0 bridgehead atoms. The normalized spacial score (nSPS) is 12.9. The van der Waals surface area contributed by atoms with Crippen LogP contribution in [0.25, 0.3) is 33.4 Å². The van der Waals surface area contributed by atoms with Crippen molar-refractivity contribution in [1.29, 1.82) is 0 Å². The maximum atomic E-state index is 5.87. The first kappa shape index (κ1) is 16.7. The van der Waals surface area contributed by atoms with Gasteiger partial charge in [-0.3, -0.25) is 0 Å². The number of fused-ring (bicyclic) bond motifs is 3. The first-order valence-corrected chi connectivity index (χ1v) is 9.05. The molecule has 0 saturated carbocycles. The zero-order chi connectivity index (χ0) is 18.1. The second kappa shape index (κ2) is 6.88. The number of nitrogens with zero attached hydrogens (tertiary/aromatic N) is 3. The fraction of sp³-hybridized carbons (Fsp3) is 0.350. The number of H-pyrrole nitrogens is 1. The topological polar surface area (TPSA) is 76.8 Å². The first-order valence-electron chi connectivity index (χ1n) is 9.05. The standard InChI is InChI=1S/C20H22N4O2/c1-4-8-25-12(3)13-6-7-16-14(9-13)15-10-17(21-11-18(15)22-16)20-23-19(5-2)24-26-20/h6-7,9-12,22H,4-5,8H2,1-3H3. The number of nitrogens with one attached hydrogen (secondary N) is 1. The summed E-state index contributed by atoms with van der Waals surface area (Å²) in [5, 5.41) is 6.19. The minimum Gasteiger partial charge on any atom is -0.374 e. The van der Waals surface area contributed by atoms with E-state index in [-0.39, 0.29) is 6.10 Å². The zero-order valence-electron chi connectivity index (χ0n) is 15.2. The molecule has 4 rings (SSSR count). The van der Waals surface area contributed by atoms with E-state index >= 15 is 0 Å². The van der Waals surface area contributed by atoms with E-state index in [2.05, 4.69) is 52.2 Å². The largest absolute Gasteiger partial charge is 0.374 e. The van der Waals surface area contributed by atoms with Crippen LogP contribution in [0, 0.1) is 0 Å². The summed E-state index contributed by atoms with van der Waals surface area (Å²) in [5.74, 6) is 1.14. The van der Waals surface area contributed by atoms with Gasteiger partial charge in [0.05, 0.1) is 17.8 Å². The Morgan fingerprint density at radius 2 is 2.00 bits per heavy atom. The van der Waals surface area contributed by atoms with Gasteiger partial charge in [-0.2, -0.15) is 4.98 Å². The third-order valence-electron chi connectivity index (χ3n) is 4.55. The summed E-state index contributed by atoms with van der Waals surface area (Å²) in [4.78, 5) is 12.3. The number of hydrogen-bond acceptors (Lipinski definition) is 5. The number of aromatic amines is 1. The molecule has 4 aromatic rings. The molecule has 0 amide bonds. The molecule has 6 heteroatoms. The molecule has 0 spiro atoms. The molecule has 0 radical (unpaired) electrons. The molecule has 0 fully saturated rings. The van der Waals surface area contributed by atoms with Crippen molar-refractivity contribution < 1.29 is 9.26 Å². The van der Waals surface area contributed by atoms with Gasteiger partial charge >= 0.3 is 0 Å². The highest BCUT2D eigenvalue weighted by molar-refractivity contribution is 6.08. The Bertz CT molecular complexity index is 1050. The van der Waals surface area contributed by atoms with Crippen molar-refractivity contribution in [1.82, 2.24) is 20.1 Å². The molecule has 0 saturated heterocycles. The number of pyridine rings is 1. The summed E-state index contributed by atoms with van der Waals surface area (Å²) >= 11 is 0. The SMILES string of the molecule is CCCOC(C)c1ccc2[nH]c3cnc(-c4nc(CC)no4)cc3c2c1. The number of rotatable bonds is 6. The van der Waals surface area contributed by atoms with Gasteiger partial charge in [-0.1, -0.05) is 25.1 Å². The van der Waals surface area contributed by atoms with Gasteiger partial charge in [0.1, 0.15) is 5.69 Å². The summed E-state index contributed by atoms with van der Waals surface area (Å²) in [6.07, 6.45) is 3.63.